The molecule has 0 saturated heterocycles. The summed E-state index contributed by atoms with van der Waals surface area (Å²) in [7, 11) is 3.00. The maximum Gasteiger partial charge on any atom is 0.332 e. The van der Waals surface area contributed by atoms with E-state index in [9.17, 15) is 14.0 Å². The van der Waals surface area contributed by atoms with E-state index in [0.717, 1.165) is 10.1 Å². The van der Waals surface area contributed by atoms with Crippen LogP contribution in [0.3, 0.4) is 0 Å². The lowest BCUT2D eigenvalue weighted by Crippen LogP contribution is -2.37. The average Bonchev–Trinajstić information content (AvgIpc) is 2.82. The van der Waals surface area contributed by atoms with Crippen LogP contribution in [0.4, 0.5) is 4.39 Å². The molecule has 2 aromatic heterocycles. The number of imidazole rings is 1. The van der Waals surface area contributed by atoms with E-state index in [1.807, 2.05) is 0 Å². The highest BCUT2D eigenvalue weighted by Gasteiger charge is 2.17. The van der Waals surface area contributed by atoms with Gasteiger partial charge in [-0.25, -0.2) is 14.2 Å². The zero-order valence-electron chi connectivity index (χ0n) is 11.9. The van der Waals surface area contributed by atoms with Crippen molar-refractivity contribution >= 4 is 27.1 Å². The van der Waals surface area contributed by atoms with Gasteiger partial charge in [0.1, 0.15) is 5.82 Å². The van der Waals surface area contributed by atoms with Crippen LogP contribution < -0.4 is 11.2 Å². The van der Waals surface area contributed by atoms with Crippen molar-refractivity contribution in [1.29, 1.82) is 0 Å². The van der Waals surface area contributed by atoms with Gasteiger partial charge < -0.3 is 0 Å². The number of benzene rings is 1. The summed E-state index contributed by atoms with van der Waals surface area (Å²) in [5.74, 6) is -0.320. The molecule has 2 heterocycles. The number of fused-ring (bicyclic) bond motifs is 1. The first kappa shape index (κ1) is 14.7. The molecule has 22 heavy (non-hydrogen) atoms. The van der Waals surface area contributed by atoms with Gasteiger partial charge in [0.25, 0.3) is 5.56 Å². The Labute approximate surface area is 132 Å². The Kier molecular flexibility index (Phi) is 3.48. The second-order valence-electron chi connectivity index (χ2n) is 4.97. The maximum absolute atomic E-state index is 13.0. The highest BCUT2D eigenvalue weighted by molar-refractivity contribution is 9.10. The lowest BCUT2D eigenvalue weighted by atomic mass is 10.2. The van der Waals surface area contributed by atoms with Crippen molar-refractivity contribution in [2.45, 2.75) is 6.54 Å². The number of hydrogen-bond donors (Lipinski definition) is 0. The largest absolute Gasteiger partial charge is 0.332 e. The molecule has 0 fully saturated rings. The quantitative estimate of drug-likeness (QED) is 0.643. The van der Waals surface area contributed by atoms with E-state index in [4.69, 9.17) is 0 Å². The van der Waals surface area contributed by atoms with Crippen LogP contribution >= 0.6 is 15.9 Å². The Bertz CT molecular complexity index is 985. The summed E-state index contributed by atoms with van der Waals surface area (Å²) in [4.78, 5) is 28.5. The van der Waals surface area contributed by atoms with Crippen molar-refractivity contribution in [1.82, 2.24) is 18.7 Å². The van der Waals surface area contributed by atoms with Crippen molar-refractivity contribution < 1.29 is 4.39 Å². The third kappa shape index (κ3) is 2.19. The van der Waals surface area contributed by atoms with E-state index >= 15 is 0 Å². The molecule has 0 aliphatic carbocycles. The fourth-order valence-corrected chi connectivity index (χ4v) is 2.85. The summed E-state index contributed by atoms with van der Waals surface area (Å²) in [6.45, 7) is 0.359. The van der Waals surface area contributed by atoms with Gasteiger partial charge in [-0.15, -0.1) is 0 Å². The first-order valence-corrected chi connectivity index (χ1v) is 7.25. The Morgan fingerprint density at radius 1 is 1.14 bits per heavy atom. The number of aromatic nitrogens is 4. The molecule has 6 nitrogen and oxygen atoms in total. The summed E-state index contributed by atoms with van der Waals surface area (Å²) >= 11 is 3.31. The van der Waals surface area contributed by atoms with Gasteiger partial charge in [0.15, 0.2) is 15.9 Å². The zero-order valence-corrected chi connectivity index (χ0v) is 13.5. The molecule has 0 radical (unpaired) electrons. The van der Waals surface area contributed by atoms with Gasteiger partial charge in [0.05, 0.1) is 6.54 Å². The molecule has 0 spiro atoms. The highest BCUT2D eigenvalue weighted by Crippen LogP contribution is 2.18. The second kappa shape index (κ2) is 5.20. The minimum atomic E-state index is -0.448. The van der Waals surface area contributed by atoms with Gasteiger partial charge in [-0.1, -0.05) is 12.1 Å². The van der Waals surface area contributed by atoms with Crippen LogP contribution in [0.25, 0.3) is 11.2 Å². The summed E-state index contributed by atoms with van der Waals surface area (Å²) in [6, 6.07) is 6.01. The number of aryl methyl sites for hydroxylation is 1. The summed E-state index contributed by atoms with van der Waals surface area (Å²) < 4.78 is 17.5. The van der Waals surface area contributed by atoms with Gasteiger partial charge in [-0.3, -0.25) is 18.5 Å². The van der Waals surface area contributed by atoms with E-state index in [1.54, 1.807) is 23.7 Å². The summed E-state index contributed by atoms with van der Waals surface area (Å²) in [5.41, 5.74) is 0.583. The van der Waals surface area contributed by atoms with Gasteiger partial charge in [-0.2, -0.15) is 0 Å². The van der Waals surface area contributed by atoms with Gasteiger partial charge in [0.2, 0.25) is 0 Å². The molecule has 0 saturated carbocycles. The highest BCUT2D eigenvalue weighted by atomic mass is 79.9. The number of nitrogens with zero attached hydrogens (tertiary/aromatic N) is 4. The molecule has 3 rings (SSSR count). The van der Waals surface area contributed by atoms with Crippen LogP contribution in [-0.4, -0.2) is 18.7 Å². The minimum absolute atomic E-state index is 0.207. The number of hydrogen-bond acceptors (Lipinski definition) is 3. The van der Waals surface area contributed by atoms with Gasteiger partial charge in [-0.05, 0) is 33.6 Å². The van der Waals surface area contributed by atoms with Crippen LogP contribution in [0.15, 0.2) is 38.6 Å². The van der Waals surface area contributed by atoms with Crippen molar-refractivity contribution in [3.05, 3.63) is 61.2 Å². The zero-order chi connectivity index (χ0) is 16.0. The molecule has 0 amide bonds. The SMILES string of the molecule is Cn1c(=O)c2nc(Br)n(Cc3ccc(F)cc3)c2n(C)c1=O. The van der Waals surface area contributed by atoms with Crippen molar-refractivity contribution in [3.63, 3.8) is 0 Å². The van der Waals surface area contributed by atoms with Crippen molar-refractivity contribution in [2.75, 3.05) is 0 Å². The molecule has 0 aliphatic heterocycles. The first-order chi connectivity index (χ1) is 10.4. The second-order valence-corrected chi connectivity index (χ2v) is 5.68. The van der Waals surface area contributed by atoms with Crippen LogP contribution in [-0.2, 0) is 20.6 Å². The molecule has 0 atom stereocenters. The fourth-order valence-electron chi connectivity index (χ4n) is 2.38. The fraction of sp³-hybridized carbons (Fsp3) is 0.214. The molecular formula is C14H12BrFN4O2. The van der Waals surface area contributed by atoms with E-state index in [0.29, 0.717) is 16.9 Å². The third-order valence-corrected chi connectivity index (χ3v) is 4.15. The lowest BCUT2D eigenvalue weighted by molar-refractivity contribution is 0.626. The van der Waals surface area contributed by atoms with E-state index in [2.05, 4.69) is 20.9 Å². The molecular weight excluding hydrogens is 355 g/mol. The number of rotatable bonds is 2. The molecule has 3 aromatic rings. The Hall–Kier alpha value is -2.22. The minimum Gasteiger partial charge on any atom is -0.300 e. The molecule has 0 unspecified atom stereocenters. The van der Waals surface area contributed by atoms with Crippen molar-refractivity contribution in [2.24, 2.45) is 14.1 Å². The molecule has 0 N–H and O–H groups in total. The normalized spacial score (nSPS) is 11.3. The Morgan fingerprint density at radius 3 is 2.41 bits per heavy atom. The molecule has 0 aliphatic rings. The van der Waals surface area contributed by atoms with E-state index < -0.39 is 11.2 Å². The van der Waals surface area contributed by atoms with Crippen molar-refractivity contribution in [3.8, 4) is 0 Å². The monoisotopic (exact) mass is 366 g/mol. The summed E-state index contributed by atoms with van der Waals surface area (Å²) in [5, 5.41) is 0. The third-order valence-electron chi connectivity index (χ3n) is 3.55. The first-order valence-electron chi connectivity index (χ1n) is 6.46. The average molecular weight is 367 g/mol. The predicted octanol–water partition coefficient (Wildman–Crippen LogP) is 1.38. The van der Waals surface area contributed by atoms with Gasteiger partial charge >= 0.3 is 5.69 Å². The Morgan fingerprint density at radius 2 is 1.77 bits per heavy atom. The summed E-state index contributed by atoms with van der Waals surface area (Å²) in [6.07, 6.45) is 0. The van der Waals surface area contributed by atoms with E-state index in [-0.39, 0.29) is 11.3 Å². The van der Waals surface area contributed by atoms with Crippen LogP contribution in [0.5, 0.6) is 0 Å². The standard InChI is InChI=1S/C14H12BrFN4O2/c1-18-11-10(12(21)19(2)14(18)22)17-13(15)20(11)7-8-3-5-9(16)6-4-8/h3-6H,7H2,1-2H3. The van der Waals surface area contributed by atoms with E-state index in [1.165, 1.54) is 23.7 Å². The molecule has 114 valence electrons. The Balaban J connectivity index is 2.26. The molecule has 1 aromatic carbocycles. The maximum atomic E-state index is 13.0. The smallest absolute Gasteiger partial charge is 0.300 e. The molecule has 8 heteroatoms. The van der Waals surface area contributed by atoms with Crippen LogP contribution in [0.1, 0.15) is 5.56 Å². The number of halogens is 2. The van der Waals surface area contributed by atoms with Gasteiger partial charge in [0, 0.05) is 14.1 Å². The molecule has 0 bridgehead atoms. The topological polar surface area (TPSA) is 61.8 Å². The lowest BCUT2D eigenvalue weighted by Gasteiger charge is -2.09. The van der Waals surface area contributed by atoms with Crippen LogP contribution in [0, 0.1) is 5.82 Å². The van der Waals surface area contributed by atoms with Crippen LogP contribution in [0.2, 0.25) is 0 Å². The predicted molar refractivity (Wildman–Crippen MR) is 83.4 cm³/mol.